The van der Waals surface area contributed by atoms with E-state index in [1.165, 1.54) is 82.8 Å². The molecular formula is C36H23N. The normalized spacial score (nSPS) is 13.2. The zero-order valence-electron chi connectivity index (χ0n) is 20.3. The Morgan fingerprint density at radius 2 is 1.19 bits per heavy atom. The predicted molar refractivity (Wildman–Crippen MR) is 155 cm³/mol. The molecule has 6 aromatic carbocycles. The van der Waals surface area contributed by atoms with E-state index in [4.69, 9.17) is 0 Å². The molecule has 0 bridgehead atoms. The molecule has 1 heteroatoms. The third kappa shape index (κ3) is 2.53. The highest BCUT2D eigenvalue weighted by Crippen LogP contribution is 2.46. The van der Waals surface area contributed by atoms with Crippen LogP contribution in [0.1, 0.15) is 22.3 Å². The first-order valence-corrected chi connectivity index (χ1v) is 13.1. The van der Waals surface area contributed by atoms with Gasteiger partial charge >= 0.3 is 0 Å². The SMILES string of the molecule is c1ccc2c(c1)Cc1c-2ccc2c1c1ccccc1n2-c1cc2c3c(cccc3c1)Cc1ccccc1-2. The van der Waals surface area contributed by atoms with Crippen LogP contribution < -0.4 is 0 Å². The Morgan fingerprint density at radius 3 is 2.08 bits per heavy atom. The fourth-order valence-corrected chi connectivity index (χ4v) is 7.09. The highest BCUT2D eigenvalue weighted by Gasteiger charge is 2.25. The number of hydrogen-bond acceptors (Lipinski definition) is 0. The van der Waals surface area contributed by atoms with Crippen LogP contribution >= 0.6 is 0 Å². The van der Waals surface area contributed by atoms with E-state index in [1.54, 1.807) is 0 Å². The quantitative estimate of drug-likeness (QED) is 0.226. The minimum Gasteiger partial charge on any atom is -0.309 e. The lowest BCUT2D eigenvalue weighted by Crippen LogP contribution is -2.03. The van der Waals surface area contributed by atoms with Crippen molar-refractivity contribution in [1.82, 2.24) is 4.57 Å². The maximum Gasteiger partial charge on any atom is 0.0544 e. The van der Waals surface area contributed by atoms with Crippen molar-refractivity contribution in [3.63, 3.8) is 0 Å². The van der Waals surface area contributed by atoms with Crippen LogP contribution in [0.5, 0.6) is 0 Å². The Kier molecular flexibility index (Phi) is 3.69. The summed E-state index contributed by atoms with van der Waals surface area (Å²) in [6, 6.07) is 43.0. The molecule has 0 N–H and O–H groups in total. The first kappa shape index (κ1) is 19.6. The molecule has 37 heavy (non-hydrogen) atoms. The molecule has 2 aliphatic carbocycles. The summed E-state index contributed by atoms with van der Waals surface area (Å²) >= 11 is 0. The lowest BCUT2D eigenvalue weighted by atomic mass is 9.83. The number of benzene rings is 6. The maximum absolute atomic E-state index is 2.49. The minimum absolute atomic E-state index is 0.997. The summed E-state index contributed by atoms with van der Waals surface area (Å²) in [4.78, 5) is 0. The van der Waals surface area contributed by atoms with Gasteiger partial charge in [0.1, 0.15) is 0 Å². The first-order chi connectivity index (χ1) is 18.3. The van der Waals surface area contributed by atoms with E-state index in [1.807, 2.05) is 0 Å². The van der Waals surface area contributed by atoms with Crippen LogP contribution in [0.4, 0.5) is 0 Å². The summed E-state index contributed by atoms with van der Waals surface area (Å²) in [5.41, 5.74) is 15.0. The Balaban J connectivity index is 1.40. The van der Waals surface area contributed by atoms with Gasteiger partial charge in [-0.1, -0.05) is 91.0 Å². The zero-order valence-corrected chi connectivity index (χ0v) is 20.3. The molecule has 0 spiro atoms. The van der Waals surface area contributed by atoms with Gasteiger partial charge in [0.05, 0.1) is 11.0 Å². The van der Waals surface area contributed by atoms with Gasteiger partial charge in [0, 0.05) is 16.5 Å². The fourth-order valence-electron chi connectivity index (χ4n) is 7.09. The molecule has 0 fully saturated rings. The topological polar surface area (TPSA) is 4.93 Å². The summed E-state index contributed by atoms with van der Waals surface area (Å²) < 4.78 is 2.49. The first-order valence-electron chi connectivity index (χ1n) is 13.1. The summed E-state index contributed by atoms with van der Waals surface area (Å²) in [7, 11) is 0. The number of para-hydroxylation sites is 1. The van der Waals surface area contributed by atoms with Crippen molar-refractivity contribution in [1.29, 1.82) is 0 Å². The highest BCUT2D eigenvalue weighted by molar-refractivity contribution is 6.14. The molecule has 1 aromatic heterocycles. The second-order valence-corrected chi connectivity index (χ2v) is 10.5. The van der Waals surface area contributed by atoms with Crippen LogP contribution in [-0.2, 0) is 12.8 Å². The fraction of sp³-hybridized carbons (Fsp3) is 0.0556. The Morgan fingerprint density at radius 1 is 0.459 bits per heavy atom. The summed E-state index contributed by atoms with van der Waals surface area (Å²) in [5, 5.41) is 5.46. The number of hydrogen-bond donors (Lipinski definition) is 0. The van der Waals surface area contributed by atoms with Crippen molar-refractivity contribution in [3.05, 3.63) is 138 Å². The standard InChI is InChI=1S/C36H23N/c1-4-13-28-22(8-1)18-24-10-7-11-25-19-26(21-32(28)35(24)25)37-33-15-6-5-14-30(33)36-31-20-23-9-2-3-12-27(23)29(31)16-17-34(36)37/h1-17,19,21H,18,20H2. The van der Waals surface area contributed by atoms with E-state index in [0.717, 1.165) is 12.8 Å². The van der Waals surface area contributed by atoms with Gasteiger partial charge in [0.15, 0.2) is 0 Å². The molecule has 9 rings (SSSR count). The maximum atomic E-state index is 2.49. The van der Waals surface area contributed by atoms with Crippen molar-refractivity contribution in [2.24, 2.45) is 0 Å². The third-order valence-corrected chi connectivity index (χ3v) is 8.62. The van der Waals surface area contributed by atoms with Crippen LogP contribution in [0.15, 0.2) is 115 Å². The Labute approximate surface area is 215 Å². The van der Waals surface area contributed by atoms with Gasteiger partial charge in [-0.05, 0) is 92.4 Å². The van der Waals surface area contributed by atoms with Crippen LogP contribution in [-0.4, -0.2) is 4.57 Å². The molecule has 2 aliphatic rings. The van der Waals surface area contributed by atoms with Gasteiger partial charge in [0.2, 0.25) is 0 Å². The van der Waals surface area contributed by atoms with E-state index in [0.29, 0.717) is 0 Å². The van der Waals surface area contributed by atoms with Crippen LogP contribution in [0.2, 0.25) is 0 Å². The van der Waals surface area contributed by atoms with Crippen LogP contribution in [0.3, 0.4) is 0 Å². The molecule has 1 heterocycles. The summed E-state index contributed by atoms with van der Waals surface area (Å²) in [5.74, 6) is 0. The van der Waals surface area contributed by atoms with E-state index >= 15 is 0 Å². The molecule has 0 radical (unpaired) electrons. The lowest BCUT2D eigenvalue weighted by Gasteiger charge is -2.22. The van der Waals surface area contributed by atoms with Gasteiger partial charge in [-0.15, -0.1) is 0 Å². The van der Waals surface area contributed by atoms with Gasteiger partial charge in [-0.2, -0.15) is 0 Å². The molecule has 0 unspecified atom stereocenters. The van der Waals surface area contributed by atoms with Gasteiger partial charge in [0.25, 0.3) is 0 Å². The van der Waals surface area contributed by atoms with Crippen LogP contribution in [0, 0.1) is 0 Å². The smallest absolute Gasteiger partial charge is 0.0544 e. The number of nitrogens with zero attached hydrogens (tertiary/aromatic N) is 1. The molecule has 0 saturated heterocycles. The predicted octanol–water partition coefficient (Wildman–Crippen LogP) is 9.08. The van der Waals surface area contributed by atoms with E-state index < -0.39 is 0 Å². The molecule has 1 nitrogen and oxygen atoms in total. The minimum atomic E-state index is 0.997. The molecule has 0 aliphatic heterocycles. The third-order valence-electron chi connectivity index (χ3n) is 8.62. The average molecular weight is 470 g/mol. The van der Waals surface area contributed by atoms with Gasteiger partial charge < -0.3 is 4.57 Å². The van der Waals surface area contributed by atoms with Gasteiger partial charge in [-0.3, -0.25) is 0 Å². The second kappa shape index (κ2) is 6.99. The summed E-state index contributed by atoms with van der Waals surface area (Å²) in [6.07, 6.45) is 2.00. The number of aromatic nitrogens is 1. The highest BCUT2D eigenvalue weighted by atomic mass is 15.0. The number of rotatable bonds is 1. The monoisotopic (exact) mass is 469 g/mol. The molecule has 7 aromatic rings. The van der Waals surface area contributed by atoms with Crippen LogP contribution in [0.25, 0.3) is 60.5 Å². The average Bonchev–Trinajstić information content (AvgIpc) is 3.49. The largest absolute Gasteiger partial charge is 0.309 e. The van der Waals surface area contributed by atoms with Crippen molar-refractivity contribution >= 4 is 32.6 Å². The zero-order chi connectivity index (χ0) is 24.1. The Hall–Kier alpha value is -4.62. The summed E-state index contributed by atoms with van der Waals surface area (Å²) in [6.45, 7) is 0. The number of fused-ring (bicyclic) bond motifs is 9. The van der Waals surface area contributed by atoms with Crippen molar-refractivity contribution in [2.45, 2.75) is 12.8 Å². The molecular weight excluding hydrogens is 446 g/mol. The second-order valence-electron chi connectivity index (χ2n) is 10.5. The van der Waals surface area contributed by atoms with E-state index in [2.05, 4.69) is 120 Å². The molecule has 0 atom stereocenters. The molecule has 0 amide bonds. The van der Waals surface area contributed by atoms with Crippen molar-refractivity contribution < 1.29 is 0 Å². The lowest BCUT2D eigenvalue weighted by molar-refractivity contribution is 1.17. The molecule has 0 saturated carbocycles. The molecule has 172 valence electrons. The van der Waals surface area contributed by atoms with Crippen molar-refractivity contribution in [2.75, 3.05) is 0 Å². The van der Waals surface area contributed by atoms with Gasteiger partial charge in [-0.25, -0.2) is 0 Å². The van der Waals surface area contributed by atoms with E-state index in [-0.39, 0.29) is 0 Å². The van der Waals surface area contributed by atoms with Crippen molar-refractivity contribution in [3.8, 4) is 27.9 Å². The Bertz CT molecular complexity index is 2090. The van der Waals surface area contributed by atoms with E-state index in [9.17, 15) is 0 Å².